The molecule has 1 aromatic heterocycles. The molecule has 0 amide bonds. The molecule has 2 heterocycles. The van der Waals surface area contributed by atoms with E-state index in [0.29, 0.717) is 5.54 Å². The Morgan fingerprint density at radius 1 is 1.15 bits per heavy atom. The number of rotatable bonds is 4. The Kier molecular flexibility index (Phi) is 2.78. The highest BCUT2D eigenvalue weighted by molar-refractivity contribution is 5.82. The van der Waals surface area contributed by atoms with Gasteiger partial charge in [-0.1, -0.05) is 29.8 Å². The first-order chi connectivity index (χ1) is 12.7. The van der Waals surface area contributed by atoms with E-state index in [1.54, 1.807) is 0 Å². The van der Waals surface area contributed by atoms with Crippen molar-refractivity contribution in [2.45, 2.75) is 56.3 Å². The number of aromatic amines is 1. The molecule has 4 heteroatoms. The smallest absolute Gasteiger partial charge is 0.0651 e. The lowest BCUT2D eigenvalue weighted by atomic mass is 9.66. The van der Waals surface area contributed by atoms with Gasteiger partial charge in [-0.2, -0.15) is 5.10 Å². The Labute approximate surface area is 153 Å². The molecule has 6 rings (SSSR count). The highest BCUT2D eigenvalue weighted by Crippen LogP contribution is 2.70. The molecule has 2 aliphatic carbocycles. The number of benzene rings is 2. The molecule has 3 aromatic rings. The van der Waals surface area contributed by atoms with E-state index in [9.17, 15) is 0 Å². The molecule has 4 unspecified atom stereocenters. The third kappa shape index (κ3) is 1.80. The standard InChI is InChI=1S/C22H24N4/c1-15-2-4-16(5-3-15)14-26-20-8-9-21(10-11-22(20,21)26)24-18-6-7-19-17(12-18)13-23-25-19/h2-7,12-13,20,24H,8-11,14H2,1H3,(H,23,25). The summed E-state index contributed by atoms with van der Waals surface area (Å²) in [5.74, 6) is 0. The van der Waals surface area contributed by atoms with Crippen molar-refractivity contribution in [1.29, 1.82) is 0 Å². The van der Waals surface area contributed by atoms with E-state index in [1.807, 2.05) is 6.20 Å². The minimum Gasteiger partial charge on any atom is -0.378 e. The van der Waals surface area contributed by atoms with Crippen LogP contribution in [0.1, 0.15) is 36.8 Å². The molecule has 132 valence electrons. The van der Waals surface area contributed by atoms with Gasteiger partial charge in [-0.3, -0.25) is 10.00 Å². The molecular formula is C22H24N4. The minimum atomic E-state index is 0.264. The van der Waals surface area contributed by atoms with Crippen LogP contribution < -0.4 is 5.32 Å². The lowest BCUT2D eigenvalue weighted by Gasteiger charge is -2.50. The number of fused-ring (bicyclic) bond motifs is 1. The van der Waals surface area contributed by atoms with Crippen LogP contribution in [0, 0.1) is 6.92 Å². The second-order valence-corrected chi connectivity index (χ2v) is 8.47. The van der Waals surface area contributed by atoms with Gasteiger partial charge in [0.15, 0.2) is 0 Å². The van der Waals surface area contributed by atoms with Crippen LogP contribution in [0.3, 0.4) is 0 Å². The van der Waals surface area contributed by atoms with Crippen molar-refractivity contribution < 1.29 is 0 Å². The number of piperidine rings is 1. The molecule has 2 saturated carbocycles. The third-order valence-electron chi connectivity index (χ3n) is 7.28. The fraction of sp³-hybridized carbons (Fsp3) is 0.409. The minimum absolute atomic E-state index is 0.264. The van der Waals surface area contributed by atoms with E-state index in [1.165, 1.54) is 47.9 Å². The van der Waals surface area contributed by atoms with Gasteiger partial charge >= 0.3 is 0 Å². The monoisotopic (exact) mass is 344 g/mol. The Morgan fingerprint density at radius 2 is 2.04 bits per heavy atom. The first-order valence-corrected chi connectivity index (χ1v) is 9.74. The molecule has 2 N–H and O–H groups in total. The molecule has 3 aliphatic rings. The van der Waals surface area contributed by atoms with Gasteiger partial charge in [0.25, 0.3) is 0 Å². The van der Waals surface area contributed by atoms with Gasteiger partial charge in [-0.05, 0) is 56.4 Å². The highest BCUT2D eigenvalue weighted by atomic mass is 15.5. The zero-order valence-corrected chi connectivity index (χ0v) is 15.1. The normalized spacial score (nSPS) is 34.2. The van der Waals surface area contributed by atoms with E-state index in [2.05, 4.69) is 69.8 Å². The Morgan fingerprint density at radius 3 is 2.85 bits per heavy atom. The molecule has 0 radical (unpaired) electrons. The molecule has 0 bridgehead atoms. The average molecular weight is 344 g/mol. The van der Waals surface area contributed by atoms with Crippen LogP contribution in [0.4, 0.5) is 5.69 Å². The Bertz CT molecular complexity index is 991. The van der Waals surface area contributed by atoms with Crippen LogP contribution in [-0.2, 0) is 6.54 Å². The van der Waals surface area contributed by atoms with Crippen molar-refractivity contribution in [3.63, 3.8) is 0 Å². The molecule has 1 spiro atoms. The van der Waals surface area contributed by atoms with Crippen LogP contribution >= 0.6 is 0 Å². The number of aryl methyl sites for hydroxylation is 1. The Hall–Kier alpha value is -2.33. The van der Waals surface area contributed by atoms with Gasteiger partial charge < -0.3 is 5.32 Å². The predicted molar refractivity (Wildman–Crippen MR) is 104 cm³/mol. The lowest BCUT2D eigenvalue weighted by Crippen LogP contribution is -2.60. The van der Waals surface area contributed by atoms with Gasteiger partial charge in [-0.15, -0.1) is 0 Å². The largest absolute Gasteiger partial charge is 0.378 e. The number of likely N-dealkylation sites (tertiary alicyclic amines) is 1. The molecule has 4 atom stereocenters. The highest BCUT2D eigenvalue weighted by Gasteiger charge is 2.80. The molecule has 4 nitrogen and oxygen atoms in total. The summed E-state index contributed by atoms with van der Waals surface area (Å²) in [7, 11) is 0. The number of H-pyrrole nitrogens is 1. The second-order valence-electron chi connectivity index (χ2n) is 8.47. The SMILES string of the molecule is Cc1ccc(CN2C3CCC4(Nc5ccc6[nH]ncc6c5)CCC324)cc1. The molecular weight excluding hydrogens is 320 g/mol. The molecule has 2 aromatic carbocycles. The van der Waals surface area contributed by atoms with Crippen molar-refractivity contribution in [1.82, 2.24) is 15.1 Å². The fourth-order valence-electron chi connectivity index (χ4n) is 5.83. The summed E-state index contributed by atoms with van der Waals surface area (Å²) in [6.07, 6.45) is 7.16. The summed E-state index contributed by atoms with van der Waals surface area (Å²) in [6, 6.07) is 16.4. The van der Waals surface area contributed by atoms with Crippen LogP contribution in [0.25, 0.3) is 10.9 Å². The van der Waals surface area contributed by atoms with E-state index in [0.717, 1.165) is 18.1 Å². The summed E-state index contributed by atoms with van der Waals surface area (Å²) in [5.41, 5.74) is 5.78. The van der Waals surface area contributed by atoms with Gasteiger partial charge in [0, 0.05) is 23.7 Å². The fourth-order valence-corrected chi connectivity index (χ4v) is 5.83. The first kappa shape index (κ1) is 14.8. The van der Waals surface area contributed by atoms with E-state index in [4.69, 9.17) is 0 Å². The lowest BCUT2D eigenvalue weighted by molar-refractivity contribution is 0.136. The summed E-state index contributed by atoms with van der Waals surface area (Å²) in [4.78, 5) is 2.76. The van der Waals surface area contributed by atoms with Gasteiger partial charge in [-0.25, -0.2) is 0 Å². The number of anilines is 1. The summed E-state index contributed by atoms with van der Waals surface area (Å²) < 4.78 is 0. The zero-order chi connectivity index (χ0) is 17.4. The number of hydrogen-bond donors (Lipinski definition) is 2. The maximum atomic E-state index is 4.15. The van der Waals surface area contributed by atoms with Gasteiger partial charge in [0.2, 0.25) is 0 Å². The van der Waals surface area contributed by atoms with Crippen LogP contribution in [0.2, 0.25) is 0 Å². The predicted octanol–water partition coefficient (Wildman–Crippen LogP) is 4.23. The molecule has 1 aliphatic heterocycles. The summed E-state index contributed by atoms with van der Waals surface area (Å²) in [6.45, 7) is 3.25. The van der Waals surface area contributed by atoms with Crippen LogP contribution in [-0.4, -0.2) is 32.2 Å². The molecule has 1 saturated heterocycles. The summed E-state index contributed by atoms with van der Waals surface area (Å²) in [5, 5.41) is 12.3. The molecule has 3 fully saturated rings. The van der Waals surface area contributed by atoms with Gasteiger partial charge in [0.05, 0.1) is 22.8 Å². The first-order valence-electron chi connectivity index (χ1n) is 9.74. The maximum absolute atomic E-state index is 4.15. The van der Waals surface area contributed by atoms with E-state index in [-0.39, 0.29) is 5.54 Å². The van der Waals surface area contributed by atoms with Gasteiger partial charge in [0.1, 0.15) is 0 Å². The van der Waals surface area contributed by atoms with Crippen molar-refractivity contribution >= 4 is 16.6 Å². The van der Waals surface area contributed by atoms with E-state index < -0.39 is 0 Å². The van der Waals surface area contributed by atoms with E-state index >= 15 is 0 Å². The van der Waals surface area contributed by atoms with Crippen molar-refractivity contribution in [2.24, 2.45) is 0 Å². The average Bonchev–Trinajstić information content (AvgIpc) is 2.95. The Balaban J connectivity index is 1.26. The van der Waals surface area contributed by atoms with Crippen LogP contribution in [0.15, 0.2) is 48.7 Å². The van der Waals surface area contributed by atoms with Crippen molar-refractivity contribution in [2.75, 3.05) is 5.32 Å². The van der Waals surface area contributed by atoms with Crippen molar-refractivity contribution in [3.05, 3.63) is 59.8 Å². The van der Waals surface area contributed by atoms with Crippen LogP contribution in [0.5, 0.6) is 0 Å². The van der Waals surface area contributed by atoms with Crippen molar-refractivity contribution in [3.8, 4) is 0 Å². The number of hydrogen-bond acceptors (Lipinski definition) is 3. The quantitative estimate of drug-likeness (QED) is 0.696. The topological polar surface area (TPSA) is 43.7 Å². The number of aromatic nitrogens is 2. The zero-order valence-electron chi connectivity index (χ0n) is 15.1. The second kappa shape index (κ2) is 4.89. The maximum Gasteiger partial charge on any atom is 0.0651 e. The number of nitrogens with one attached hydrogen (secondary N) is 2. The molecule has 26 heavy (non-hydrogen) atoms. The summed E-state index contributed by atoms with van der Waals surface area (Å²) >= 11 is 0. The number of nitrogens with zero attached hydrogens (tertiary/aromatic N) is 2. The third-order valence-corrected chi connectivity index (χ3v) is 7.28.